The number of halogens is 1. The van der Waals surface area contributed by atoms with E-state index in [9.17, 15) is 9.18 Å². The van der Waals surface area contributed by atoms with Crippen LogP contribution in [0.2, 0.25) is 0 Å². The van der Waals surface area contributed by atoms with Gasteiger partial charge >= 0.3 is 5.97 Å². The Hall–Kier alpha value is -3.19. The third-order valence-corrected chi connectivity index (χ3v) is 6.55. The van der Waals surface area contributed by atoms with Crippen molar-refractivity contribution in [3.63, 3.8) is 0 Å². The molecule has 0 aliphatic heterocycles. The highest BCUT2D eigenvalue weighted by molar-refractivity contribution is 5.83. The summed E-state index contributed by atoms with van der Waals surface area (Å²) in [5, 5.41) is 13.7. The van der Waals surface area contributed by atoms with Crippen molar-refractivity contribution in [1.82, 2.24) is 9.78 Å². The van der Waals surface area contributed by atoms with E-state index in [1.54, 1.807) is 6.07 Å². The van der Waals surface area contributed by atoms with Gasteiger partial charge in [-0.3, -0.25) is 4.68 Å². The molecule has 0 bridgehead atoms. The maximum absolute atomic E-state index is 14.5. The first kappa shape index (κ1) is 24.0. The number of aromatic nitrogens is 2. The number of aliphatic carboxylic acids is 1. The number of methoxy groups -OCH3 is 1. The molecule has 0 amide bonds. The summed E-state index contributed by atoms with van der Waals surface area (Å²) in [6, 6.07) is 14.9. The molecule has 1 N–H and O–H groups in total. The van der Waals surface area contributed by atoms with Gasteiger partial charge in [-0.2, -0.15) is 5.10 Å². The normalized spacial score (nSPS) is 18.1. The minimum atomic E-state index is -0.932. The van der Waals surface area contributed by atoms with E-state index >= 15 is 0 Å². The highest BCUT2D eigenvalue weighted by Gasteiger charge is 2.25. The predicted octanol–water partition coefficient (Wildman–Crippen LogP) is 5.58. The van der Waals surface area contributed by atoms with Crippen molar-refractivity contribution in [2.24, 2.45) is 11.8 Å². The lowest BCUT2D eigenvalue weighted by Gasteiger charge is -2.28. The highest BCUT2D eigenvalue weighted by Crippen LogP contribution is 2.38. The van der Waals surface area contributed by atoms with E-state index < -0.39 is 5.97 Å². The van der Waals surface area contributed by atoms with Gasteiger partial charge in [0, 0.05) is 23.7 Å². The van der Waals surface area contributed by atoms with Crippen LogP contribution in [-0.2, 0) is 16.1 Å². The fraction of sp³-hybridized carbons (Fsp3) is 0.407. The van der Waals surface area contributed by atoms with Gasteiger partial charge in [0.15, 0.2) is 0 Å². The average Bonchev–Trinajstić information content (AvgIpc) is 3.15. The van der Waals surface area contributed by atoms with Crippen molar-refractivity contribution < 1.29 is 23.8 Å². The van der Waals surface area contributed by atoms with Gasteiger partial charge in [-0.1, -0.05) is 30.3 Å². The highest BCUT2D eigenvalue weighted by atomic mass is 19.1. The summed E-state index contributed by atoms with van der Waals surface area (Å²) < 4.78 is 27.1. The van der Waals surface area contributed by atoms with E-state index in [2.05, 4.69) is 12.1 Å². The van der Waals surface area contributed by atoms with Gasteiger partial charge < -0.3 is 14.6 Å². The first-order valence-corrected chi connectivity index (χ1v) is 11.7. The van der Waals surface area contributed by atoms with Gasteiger partial charge in [-0.25, -0.2) is 9.18 Å². The van der Waals surface area contributed by atoms with E-state index in [1.165, 1.54) is 13.2 Å². The Labute approximate surface area is 199 Å². The van der Waals surface area contributed by atoms with Gasteiger partial charge in [0.25, 0.3) is 0 Å². The summed E-state index contributed by atoms with van der Waals surface area (Å²) in [5.74, 6) is 0.0232. The minimum Gasteiger partial charge on any atom is -0.497 e. The maximum Gasteiger partial charge on any atom is 0.329 e. The molecule has 3 aromatic rings. The molecule has 0 unspecified atom stereocenters. The van der Waals surface area contributed by atoms with Crippen molar-refractivity contribution in [3.05, 3.63) is 60.0 Å². The molecule has 34 heavy (non-hydrogen) atoms. The maximum atomic E-state index is 14.5. The molecule has 1 saturated carbocycles. The van der Waals surface area contributed by atoms with Crippen molar-refractivity contribution >= 4 is 5.97 Å². The zero-order valence-electron chi connectivity index (χ0n) is 19.7. The Morgan fingerprint density at radius 1 is 1.09 bits per heavy atom. The largest absolute Gasteiger partial charge is 0.497 e. The average molecular weight is 467 g/mol. The Balaban J connectivity index is 1.60. The molecule has 1 aromatic heterocycles. The number of carboxylic acid groups (broad SMARTS) is 1. The molecule has 4 rings (SSSR count). The lowest BCUT2D eigenvalue weighted by molar-refractivity contribution is -0.142. The number of nitrogens with zero attached hydrogens (tertiary/aromatic N) is 2. The van der Waals surface area contributed by atoms with Crippen LogP contribution in [0, 0.1) is 24.6 Å². The van der Waals surface area contributed by atoms with Crippen molar-refractivity contribution in [2.45, 2.75) is 39.2 Å². The van der Waals surface area contributed by atoms with E-state index in [4.69, 9.17) is 19.7 Å². The summed E-state index contributed by atoms with van der Waals surface area (Å²) in [7, 11) is 1.54. The van der Waals surface area contributed by atoms with E-state index in [1.807, 2.05) is 35.9 Å². The Morgan fingerprint density at radius 3 is 2.47 bits per heavy atom. The molecule has 1 heterocycles. The molecule has 0 atom stereocenters. The number of carbonyl (C=O) groups is 1. The summed E-state index contributed by atoms with van der Waals surface area (Å²) in [6.45, 7) is 2.99. The van der Waals surface area contributed by atoms with Crippen molar-refractivity contribution in [3.8, 4) is 28.1 Å². The zero-order chi connectivity index (χ0) is 24.1. The van der Waals surface area contributed by atoms with Crippen LogP contribution in [-0.4, -0.2) is 41.2 Å². The third-order valence-electron chi connectivity index (χ3n) is 6.55. The number of benzene rings is 2. The van der Waals surface area contributed by atoms with Crippen LogP contribution in [0.3, 0.4) is 0 Å². The van der Waals surface area contributed by atoms with Gasteiger partial charge in [-0.05, 0) is 62.1 Å². The quantitative estimate of drug-likeness (QED) is 0.446. The van der Waals surface area contributed by atoms with Gasteiger partial charge in [0.1, 0.15) is 18.2 Å². The smallest absolute Gasteiger partial charge is 0.329 e. The Bertz CT molecular complexity index is 1120. The van der Waals surface area contributed by atoms with E-state index in [-0.39, 0.29) is 12.4 Å². The second-order valence-corrected chi connectivity index (χ2v) is 9.03. The van der Waals surface area contributed by atoms with Crippen LogP contribution < -0.4 is 4.74 Å². The molecule has 0 spiro atoms. The number of ether oxygens (including phenoxy) is 2. The topological polar surface area (TPSA) is 73.6 Å². The first-order valence-electron chi connectivity index (χ1n) is 11.7. The van der Waals surface area contributed by atoms with Crippen LogP contribution in [0.25, 0.3) is 22.4 Å². The van der Waals surface area contributed by atoms with Crippen molar-refractivity contribution in [2.75, 3.05) is 20.3 Å². The molecule has 180 valence electrons. The van der Waals surface area contributed by atoms with Crippen LogP contribution in [0.1, 0.15) is 31.4 Å². The van der Waals surface area contributed by atoms with Crippen LogP contribution in [0.15, 0.2) is 48.5 Å². The molecule has 2 aromatic carbocycles. The molecule has 0 saturated heterocycles. The minimum absolute atomic E-state index is 0.241. The Morgan fingerprint density at radius 2 is 1.79 bits per heavy atom. The van der Waals surface area contributed by atoms with Crippen LogP contribution in [0.4, 0.5) is 4.39 Å². The lowest BCUT2D eigenvalue weighted by Crippen LogP contribution is -2.23. The molecular weight excluding hydrogens is 435 g/mol. The number of rotatable bonds is 9. The fourth-order valence-electron chi connectivity index (χ4n) is 4.91. The lowest BCUT2D eigenvalue weighted by atomic mass is 9.82. The molecule has 6 nitrogen and oxygen atoms in total. The fourth-order valence-corrected chi connectivity index (χ4v) is 4.91. The van der Waals surface area contributed by atoms with Crippen LogP contribution >= 0.6 is 0 Å². The van der Waals surface area contributed by atoms with Gasteiger partial charge in [0.05, 0.1) is 25.1 Å². The summed E-state index contributed by atoms with van der Waals surface area (Å²) >= 11 is 0. The molecule has 7 heteroatoms. The van der Waals surface area contributed by atoms with Crippen LogP contribution in [0.5, 0.6) is 5.75 Å². The predicted molar refractivity (Wildman–Crippen MR) is 128 cm³/mol. The summed E-state index contributed by atoms with van der Waals surface area (Å²) in [6.07, 6.45) is 4.04. The van der Waals surface area contributed by atoms with E-state index in [0.717, 1.165) is 60.3 Å². The monoisotopic (exact) mass is 466 g/mol. The summed E-state index contributed by atoms with van der Waals surface area (Å²) in [4.78, 5) is 10.7. The number of hydrogen-bond donors (Lipinski definition) is 1. The number of hydrogen-bond acceptors (Lipinski definition) is 4. The molecular formula is C27H31FN2O4. The van der Waals surface area contributed by atoms with Gasteiger partial charge in [-0.15, -0.1) is 0 Å². The standard InChI is InChI=1S/C27H31FN2O4/c1-18-26(21-6-4-3-5-7-21)27(22-12-23(28)14-24(13-22)33-2)30(29-18)15-19-8-10-20(11-9-19)16-34-17-25(31)32/h3-7,12-14,19-20H,8-11,15-17H2,1-2H3,(H,31,32)/t19-,20+. The first-order chi connectivity index (χ1) is 16.4. The SMILES string of the molecule is COc1cc(F)cc(-c2c(-c3ccccc3)c(C)nn2C[C@H]2CC[C@@H](COCC(=O)O)CC2)c1. The zero-order valence-corrected chi connectivity index (χ0v) is 19.7. The molecule has 1 fully saturated rings. The second-order valence-electron chi connectivity index (χ2n) is 9.03. The number of carboxylic acids is 1. The van der Waals surface area contributed by atoms with Gasteiger partial charge in [0.2, 0.25) is 0 Å². The summed E-state index contributed by atoms with van der Waals surface area (Å²) in [5.41, 5.74) is 4.59. The molecule has 1 aliphatic carbocycles. The second kappa shape index (κ2) is 10.8. The third kappa shape index (κ3) is 5.65. The van der Waals surface area contributed by atoms with E-state index in [0.29, 0.717) is 24.2 Å². The van der Waals surface area contributed by atoms with Crippen molar-refractivity contribution in [1.29, 1.82) is 0 Å². The molecule has 1 aliphatic rings. The Kier molecular flexibility index (Phi) is 7.63. The number of aryl methyl sites for hydroxylation is 1. The molecule has 0 radical (unpaired) electrons.